The Morgan fingerprint density at radius 1 is 1.21 bits per heavy atom. The first-order valence-electron chi connectivity index (χ1n) is 6.94. The van der Waals surface area contributed by atoms with E-state index in [1.165, 1.54) is 4.68 Å². The van der Waals surface area contributed by atoms with Crippen LogP contribution in [0.5, 0.6) is 5.75 Å². The Morgan fingerprint density at radius 2 is 1.92 bits per heavy atom. The Hall–Kier alpha value is -2.87. The van der Waals surface area contributed by atoms with E-state index in [-0.39, 0.29) is 5.69 Å². The van der Waals surface area contributed by atoms with E-state index in [1.54, 1.807) is 49.6 Å². The fraction of sp³-hybridized carbons (Fsp3) is 0.0625. The molecule has 122 valence electrons. The van der Waals surface area contributed by atoms with E-state index < -0.39 is 11.5 Å². The summed E-state index contributed by atoms with van der Waals surface area (Å²) in [7, 11) is 1.55. The summed E-state index contributed by atoms with van der Waals surface area (Å²) < 4.78 is 11.8. The normalized spacial score (nSPS) is 10.4. The number of carbonyl (C=O) groups is 1. The van der Waals surface area contributed by atoms with Crippen molar-refractivity contribution in [1.82, 2.24) is 5.27 Å². The SMILES string of the molecule is COc1ccc(-[n+]2[nH]oc(=O)c2C(=O)Nc2ccccc2Br)cc1. The van der Waals surface area contributed by atoms with Crippen LogP contribution >= 0.6 is 15.9 Å². The molecule has 7 nitrogen and oxygen atoms in total. The molecule has 0 saturated heterocycles. The van der Waals surface area contributed by atoms with E-state index in [0.29, 0.717) is 21.6 Å². The zero-order valence-electron chi connectivity index (χ0n) is 12.6. The van der Waals surface area contributed by atoms with Crippen LogP contribution in [0.3, 0.4) is 0 Å². The van der Waals surface area contributed by atoms with E-state index in [4.69, 9.17) is 9.26 Å². The van der Waals surface area contributed by atoms with Gasteiger partial charge < -0.3 is 10.1 Å². The molecule has 1 amide bonds. The molecule has 0 unspecified atom stereocenters. The third-order valence-corrected chi connectivity index (χ3v) is 4.01. The summed E-state index contributed by atoms with van der Waals surface area (Å²) in [5.41, 5.74) is 0.162. The van der Waals surface area contributed by atoms with Crippen LogP contribution in [0, 0.1) is 0 Å². The molecule has 3 rings (SSSR count). The van der Waals surface area contributed by atoms with Crippen molar-refractivity contribution in [1.29, 1.82) is 0 Å². The predicted octanol–water partition coefficient (Wildman–Crippen LogP) is 2.27. The molecule has 0 spiro atoms. The van der Waals surface area contributed by atoms with Gasteiger partial charge in [0.15, 0.2) is 0 Å². The maximum atomic E-state index is 12.5. The van der Waals surface area contributed by atoms with E-state index >= 15 is 0 Å². The molecule has 2 N–H and O–H groups in total. The number of hydrogen-bond donors (Lipinski definition) is 2. The van der Waals surface area contributed by atoms with Crippen LogP contribution in [-0.2, 0) is 0 Å². The number of nitrogens with one attached hydrogen (secondary N) is 2. The average molecular weight is 391 g/mol. The number of amides is 1. The maximum Gasteiger partial charge on any atom is 0.441 e. The summed E-state index contributed by atoms with van der Waals surface area (Å²) in [5, 5.41) is 5.10. The summed E-state index contributed by atoms with van der Waals surface area (Å²) in [6, 6.07) is 13.9. The first-order chi connectivity index (χ1) is 11.6. The van der Waals surface area contributed by atoms with Gasteiger partial charge >= 0.3 is 17.2 Å². The van der Waals surface area contributed by atoms with Crippen LogP contribution < -0.4 is 20.4 Å². The predicted molar refractivity (Wildman–Crippen MR) is 89.5 cm³/mol. The molecule has 24 heavy (non-hydrogen) atoms. The van der Waals surface area contributed by atoms with Gasteiger partial charge in [-0.05, 0) is 50.1 Å². The summed E-state index contributed by atoms with van der Waals surface area (Å²) >= 11 is 3.34. The number of aromatic nitrogens is 2. The fourth-order valence-corrected chi connectivity index (χ4v) is 2.51. The molecule has 2 aromatic carbocycles. The fourth-order valence-electron chi connectivity index (χ4n) is 2.12. The number of ether oxygens (including phenoxy) is 1. The van der Waals surface area contributed by atoms with E-state index in [9.17, 15) is 9.59 Å². The lowest BCUT2D eigenvalue weighted by molar-refractivity contribution is -0.672. The van der Waals surface area contributed by atoms with Crippen molar-refractivity contribution < 1.29 is 18.7 Å². The molecule has 0 aliphatic carbocycles. The van der Waals surface area contributed by atoms with Crippen molar-refractivity contribution >= 4 is 27.5 Å². The number of methoxy groups -OCH3 is 1. The van der Waals surface area contributed by atoms with Gasteiger partial charge in [0.1, 0.15) is 5.75 Å². The molecule has 1 heterocycles. The molecule has 3 aromatic rings. The number of aromatic amines is 1. The molecule has 8 heteroatoms. The molecular weight excluding hydrogens is 378 g/mol. The highest BCUT2D eigenvalue weighted by Crippen LogP contribution is 2.21. The number of H-pyrrole nitrogens is 1. The average Bonchev–Trinajstić information content (AvgIpc) is 2.98. The van der Waals surface area contributed by atoms with E-state index in [0.717, 1.165) is 0 Å². The summed E-state index contributed by atoms with van der Waals surface area (Å²) in [6.07, 6.45) is 0. The lowest BCUT2D eigenvalue weighted by atomic mass is 10.3. The lowest BCUT2D eigenvalue weighted by Crippen LogP contribution is -2.42. The molecule has 0 bridgehead atoms. The van der Waals surface area contributed by atoms with Crippen LogP contribution in [-0.4, -0.2) is 18.3 Å². The van der Waals surface area contributed by atoms with Crippen LogP contribution in [0.1, 0.15) is 10.5 Å². The minimum absolute atomic E-state index is 0.170. The molecule has 0 aliphatic heterocycles. The van der Waals surface area contributed by atoms with Gasteiger partial charge in [-0.15, -0.1) is 0 Å². The number of anilines is 1. The summed E-state index contributed by atoms with van der Waals surface area (Å²) in [4.78, 5) is 24.4. The zero-order valence-corrected chi connectivity index (χ0v) is 14.2. The van der Waals surface area contributed by atoms with Crippen molar-refractivity contribution in [2.75, 3.05) is 12.4 Å². The van der Waals surface area contributed by atoms with Crippen molar-refractivity contribution in [3.05, 3.63) is 69.1 Å². The molecular formula is C16H13BrN3O4+. The van der Waals surface area contributed by atoms with Crippen molar-refractivity contribution in [2.24, 2.45) is 0 Å². The minimum Gasteiger partial charge on any atom is -0.497 e. The molecule has 0 radical (unpaired) electrons. The number of nitrogens with zero attached hydrogens (tertiary/aromatic N) is 1. The van der Waals surface area contributed by atoms with Gasteiger partial charge in [0.05, 0.1) is 12.8 Å². The van der Waals surface area contributed by atoms with Crippen LogP contribution in [0.4, 0.5) is 5.69 Å². The van der Waals surface area contributed by atoms with E-state index in [2.05, 4.69) is 26.5 Å². The number of rotatable bonds is 4. The van der Waals surface area contributed by atoms with Crippen molar-refractivity contribution in [2.45, 2.75) is 0 Å². The van der Waals surface area contributed by atoms with Gasteiger partial charge in [-0.3, -0.25) is 9.32 Å². The second-order valence-corrected chi connectivity index (χ2v) is 5.65. The monoisotopic (exact) mass is 390 g/mol. The van der Waals surface area contributed by atoms with Crippen molar-refractivity contribution in [3.63, 3.8) is 0 Å². The third kappa shape index (κ3) is 3.09. The molecule has 0 fully saturated rings. The molecule has 1 aromatic heterocycles. The Kier molecular flexibility index (Phi) is 4.48. The van der Waals surface area contributed by atoms with Crippen molar-refractivity contribution in [3.8, 4) is 11.4 Å². The highest BCUT2D eigenvalue weighted by atomic mass is 79.9. The third-order valence-electron chi connectivity index (χ3n) is 3.31. The first kappa shape index (κ1) is 16.0. The van der Waals surface area contributed by atoms with Gasteiger partial charge in [0, 0.05) is 16.6 Å². The lowest BCUT2D eigenvalue weighted by Gasteiger charge is -2.03. The number of halogens is 1. The van der Waals surface area contributed by atoms with Gasteiger partial charge in [-0.25, -0.2) is 4.79 Å². The number of carbonyl (C=O) groups excluding carboxylic acids is 1. The topological polar surface area (TPSA) is 88.2 Å². The highest BCUT2D eigenvalue weighted by Gasteiger charge is 2.31. The number of para-hydroxylation sites is 1. The Balaban J connectivity index is 1.96. The molecule has 0 atom stereocenters. The number of benzene rings is 2. The van der Waals surface area contributed by atoms with Crippen LogP contribution in [0.25, 0.3) is 5.69 Å². The Morgan fingerprint density at radius 3 is 2.58 bits per heavy atom. The molecule has 0 aliphatic rings. The number of hydrogen-bond acceptors (Lipinski definition) is 4. The Labute approximate surface area is 144 Å². The Bertz CT molecular complexity index is 931. The zero-order chi connectivity index (χ0) is 17.1. The maximum absolute atomic E-state index is 12.5. The highest BCUT2D eigenvalue weighted by molar-refractivity contribution is 9.10. The largest absolute Gasteiger partial charge is 0.497 e. The standard InChI is InChI=1S/C16H12BrN3O4/c1-23-11-8-6-10(7-9-11)20-14(16(22)24-19-20)15(21)18-13-5-3-2-4-12(13)17/h2-9H,1H3,(H-,18,19,21,22)/p+1. The van der Waals surface area contributed by atoms with Gasteiger partial charge in [-0.2, -0.15) is 0 Å². The van der Waals surface area contributed by atoms with Gasteiger partial charge in [0.25, 0.3) is 0 Å². The quantitative estimate of drug-likeness (QED) is 0.668. The van der Waals surface area contributed by atoms with Gasteiger partial charge in [-0.1, -0.05) is 12.1 Å². The first-order valence-corrected chi connectivity index (χ1v) is 7.73. The van der Waals surface area contributed by atoms with Gasteiger partial charge in [0.2, 0.25) is 5.69 Å². The van der Waals surface area contributed by atoms with Crippen LogP contribution in [0.2, 0.25) is 0 Å². The summed E-state index contributed by atoms with van der Waals surface area (Å²) in [6.45, 7) is 0. The summed E-state index contributed by atoms with van der Waals surface area (Å²) in [5.74, 6) is 0.0668. The van der Waals surface area contributed by atoms with Crippen LogP contribution in [0.15, 0.2) is 62.3 Å². The molecule has 0 saturated carbocycles. The smallest absolute Gasteiger partial charge is 0.441 e. The second-order valence-electron chi connectivity index (χ2n) is 4.80. The minimum atomic E-state index is -0.768. The second kappa shape index (κ2) is 6.71. The van der Waals surface area contributed by atoms with E-state index in [1.807, 2.05) is 6.07 Å².